The molecule has 18 heavy (non-hydrogen) atoms. The second kappa shape index (κ2) is 6.26. The minimum Gasteiger partial charge on any atom is -0.484 e. The van der Waals surface area contributed by atoms with E-state index in [0.717, 1.165) is 10.6 Å². The molecule has 0 aliphatic carbocycles. The van der Waals surface area contributed by atoms with Crippen molar-refractivity contribution in [2.24, 2.45) is 0 Å². The maximum atomic E-state index is 12.0. The standard InChI is InChI=1S/C11H11F3INO2/c1-16(7-11(12,13)14)10(17)6-18-9-4-2-3-8(15)5-9/h2-5H,6-7H2,1H3. The number of likely N-dealkylation sites (N-methyl/N-ethyl adjacent to an activating group) is 1. The molecule has 0 saturated carbocycles. The maximum Gasteiger partial charge on any atom is 0.406 e. The molecule has 1 aromatic rings. The van der Waals surface area contributed by atoms with Gasteiger partial charge in [-0.05, 0) is 40.8 Å². The highest BCUT2D eigenvalue weighted by Crippen LogP contribution is 2.17. The van der Waals surface area contributed by atoms with Crippen molar-refractivity contribution in [3.8, 4) is 5.75 Å². The fraction of sp³-hybridized carbons (Fsp3) is 0.364. The van der Waals surface area contributed by atoms with Crippen LogP contribution >= 0.6 is 22.6 Å². The molecule has 0 saturated heterocycles. The van der Waals surface area contributed by atoms with Gasteiger partial charge in [0.15, 0.2) is 6.61 Å². The monoisotopic (exact) mass is 373 g/mol. The van der Waals surface area contributed by atoms with E-state index in [1.807, 2.05) is 6.07 Å². The molecule has 0 aliphatic rings. The smallest absolute Gasteiger partial charge is 0.406 e. The summed E-state index contributed by atoms with van der Waals surface area (Å²) in [7, 11) is 1.09. The molecule has 0 aliphatic heterocycles. The zero-order valence-corrected chi connectivity index (χ0v) is 11.7. The molecule has 1 aromatic carbocycles. The van der Waals surface area contributed by atoms with Crippen LogP contribution in [-0.4, -0.2) is 37.2 Å². The van der Waals surface area contributed by atoms with Gasteiger partial charge in [0.25, 0.3) is 5.91 Å². The van der Waals surface area contributed by atoms with E-state index in [4.69, 9.17) is 4.74 Å². The van der Waals surface area contributed by atoms with Crippen LogP contribution in [0.3, 0.4) is 0 Å². The Balaban J connectivity index is 2.46. The van der Waals surface area contributed by atoms with Crippen molar-refractivity contribution in [3.63, 3.8) is 0 Å². The molecule has 100 valence electrons. The van der Waals surface area contributed by atoms with Crippen molar-refractivity contribution < 1.29 is 22.7 Å². The summed E-state index contributed by atoms with van der Waals surface area (Å²) in [5.41, 5.74) is 0. The number of rotatable bonds is 4. The van der Waals surface area contributed by atoms with Gasteiger partial charge in [-0.15, -0.1) is 0 Å². The molecule has 0 radical (unpaired) electrons. The van der Waals surface area contributed by atoms with Crippen LogP contribution in [0.5, 0.6) is 5.75 Å². The number of halogens is 4. The van der Waals surface area contributed by atoms with Crippen LogP contribution in [0.2, 0.25) is 0 Å². The fourth-order valence-electron chi connectivity index (χ4n) is 1.17. The molecule has 0 atom stereocenters. The van der Waals surface area contributed by atoms with E-state index in [-0.39, 0.29) is 0 Å². The number of carbonyl (C=O) groups excluding carboxylic acids is 1. The average molecular weight is 373 g/mol. The fourth-order valence-corrected chi connectivity index (χ4v) is 1.68. The minimum absolute atomic E-state index is 0.410. The topological polar surface area (TPSA) is 29.5 Å². The zero-order valence-electron chi connectivity index (χ0n) is 9.50. The number of hydrogen-bond donors (Lipinski definition) is 0. The lowest BCUT2D eigenvalue weighted by atomic mass is 10.3. The third-order valence-electron chi connectivity index (χ3n) is 2.00. The average Bonchev–Trinajstić information content (AvgIpc) is 2.23. The van der Waals surface area contributed by atoms with Crippen LogP contribution in [0.4, 0.5) is 13.2 Å². The lowest BCUT2D eigenvalue weighted by molar-refractivity contribution is -0.159. The van der Waals surface area contributed by atoms with Crippen LogP contribution in [-0.2, 0) is 4.79 Å². The highest BCUT2D eigenvalue weighted by molar-refractivity contribution is 14.1. The van der Waals surface area contributed by atoms with Gasteiger partial charge in [-0.3, -0.25) is 4.79 Å². The third-order valence-corrected chi connectivity index (χ3v) is 2.67. The summed E-state index contributed by atoms with van der Waals surface area (Å²) in [6, 6.07) is 6.91. The quantitative estimate of drug-likeness (QED) is 0.760. The molecule has 1 rings (SSSR count). The molecule has 0 spiro atoms. The van der Waals surface area contributed by atoms with Gasteiger partial charge in [-0.2, -0.15) is 13.2 Å². The number of hydrogen-bond acceptors (Lipinski definition) is 2. The first-order chi connectivity index (χ1) is 8.28. The number of nitrogens with zero attached hydrogens (tertiary/aromatic N) is 1. The summed E-state index contributed by atoms with van der Waals surface area (Å²) < 4.78 is 42.2. The van der Waals surface area contributed by atoms with Gasteiger partial charge in [0, 0.05) is 10.6 Å². The Morgan fingerprint density at radius 1 is 1.44 bits per heavy atom. The first-order valence-electron chi connectivity index (χ1n) is 4.97. The minimum atomic E-state index is -4.40. The van der Waals surface area contributed by atoms with E-state index in [1.54, 1.807) is 18.2 Å². The second-order valence-electron chi connectivity index (χ2n) is 3.61. The summed E-state index contributed by atoms with van der Waals surface area (Å²) in [6.45, 7) is -1.69. The first kappa shape index (κ1) is 15.1. The lowest BCUT2D eigenvalue weighted by Crippen LogP contribution is -2.38. The number of ether oxygens (including phenoxy) is 1. The molecule has 0 bridgehead atoms. The number of amides is 1. The summed E-state index contributed by atoms with van der Waals surface area (Å²) in [4.78, 5) is 12.0. The molecule has 7 heteroatoms. The molecule has 1 amide bonds. The first-order valence-corrected chi connectivity index (χ1v) is 6.05. The lowest BCUT2D eigenvalue weighted by Gasteiger charge is -2.19. The highest BCUT2D eigenvalue weighted by atomic mass is 127. The summed E-state index contributed by atoms with van der Waals surface area (Å²) >= 11 is 2.07. The molecule has 0 unspecified atom stereocenters. The van der Waals surface area contributed by atoms with Crippen molar-refractivity contribution in [1.82, 2.24) is 4.90 Å². The van der Waals surface area contributed by atoms with Crippen LogP contribution in [0.15, 0.2) is 24.3 Å². The van der Waals surface area contributed by atoms with E-state index in [9.17, 15) is 18.0 Å². The highest BCUT2D eigenvalue weighted by Gasteiger charge is 2.31. The summed E-state index contributed by atoms with van der Waals surface area (Å²) in [5.74, 6) is -0.262. The van der Waals surface area contributed by atoms with Crippen molar-refractivity contribution in [2.45, 2.75) is 6.18 Å². The van der Waals surface area contributed by atoms with Crippen molar-refractivity contribution in [3.05, 3.63) is 27.8 Å². The van der Waals surface area contributed by atoms with Crippen LogP contribution in [0.1, 0.15) is 0 Å². The molecule has 0 fully saturated rings. The molecule has 3 nitrogen and oxygen atoms in total. The molecular formula is C11H11F3INO2. The Kier molecular flexibility index (Phi) is 5.24. The SMILES string of the molecule is CN(CC(F)(F)F)C(=O)COc1cccc(I)c1. The Bertz CT molecular complexity index is 423. The third kappa shape index (κ3) is 5.56. The van der Waals surface area contributed by atoms with Crippen LogP contribution in [0, 0.1) is 3.57 Å². The van der Waals surface area contributed by atoms with Crippen molar-refractivity contribution >= 4 is 28.5 Å². The summed E-state index contributed by atoms with van der Waals surface area (Å²) in [5, 5.41) is 0. The maximum absolute atomic E-state index is 12.0. The van der Waals surface area contributed by atoms with Gasteiger partial charge in [0.2, 0.25) is 0 Å². The Labute approximate surface area is 116 Å². The second-order valence-corrected chi connectivity index (χ2v) is 4.86. The van der Waals surface area contributed by atoms with Gasteiger partial charge < -0.3 is 9.64 Å². The zero-order chi connectivity index (χ0) is 13.8. The van der Waals surface area contributed by atoms with Gasteiger partial charge in [-0.1, -0.05) is 6.07 Å². The Hall–Kier alpha value is -0.990. The number of benzene rings is 1. The molecule has 0 N–H and O–H groups in total. The van der Waals surface area contributed by atoms with Crippen LogP contribution in [0.25, 0.3) is 0 Å². The van der Waals surface area contributed by atoms with Gasteiger partial charge in [0.05, 0.1) is 0 Å². The van der Waals surface area contributed by atoms with Crippen molar-refractivity contribution in [2.75, 3.05) is 20.2 Å². The number of alkyl halides is 3. The van der Waals surface area contributed by atoms with Gasteiger partial charge >= 0.3 is 6.18 Å². The Morgan fingerprint density at radius 3 is 2.67 bits per heavy atom. The largest absolute Gasteiger partial charge is 0.484 e. The predicted molar refractivity (Wildman–Crippen MR) is 68.3 cm³/mol. The van der Waals surface area contributed by atoms with Gasteiger partial charge in [-0.25, -0.2) is 0 Å². The summed E-state index contributed by atoms with van der Waals surface area (Å²) in [6.07, 6.45) is -4.40. The molecule has 0 heterocycles. The predicted octanol–water partition coefficient (Wildman–Crippen LogP) is 2.69. The molecular weight excluding hydrogens is 362 g/mol. The van der Waals surface area contributed by atoms with Gasteiger partial charge in [0.1, 0.15) is 12.3 Å². The molecule has 0 aromatic heterocycles. The van der Waals surface area contributed by atoms with E-state index < -0.39 is 25.2 Å². The van der Waals surface area contributed by atoms with Crippen molar-refractivity contribution in [1.29, 1.82) is 0 Å². The van der Waals surface area contributed by atoms with Crippen LogP contribution < -0.4 is 4.74 Å². The number of carbonyl (C=O) groups is 1. The van der Waals surface area contributed by atoms with E-state index in [2.05, 4.69) is 22.6 Å². The normalized spacial score (nSPS) is 11.2. The van der Waals surface area contributed by atoms with E-state index in [1.165, 1.54) is 0 Å². The van der Waals surface area contributed by atoms with E-state index in [0.29, 0.717) is 10.6 Å². The van der Waals surface area contributed by atoms with E-state index >= 15 is 0 Å². The Morgan fingerprint density at radius 2 is 2.11 bits per heavy atom.